The van der Waals surface area contributed by atoms with E-state index in [1.807, 2.05) is 11.6 Å². The predicted octanol–water partition coefficient (Wildman–Crippen LogP) is 1.03. The lowest BCUT2D eigenvalue weighted by atomic mass is 10.2. The highest BCUT2D eigenvalue weighted by Gasteiger charge is 2.01. The molecule has 1 rings (SSSR count). The van der Waals surface area contributed by atoms with Gasteiger partial charge in [-0.25, -0.2) is 4.98 Å². The van der Waals surface area contributed by atoms with Crippen molar-refractivity contribution < 1.29 is 4.74 Å². The minimum atomic E-state index is 0.228. The molecule has 1 aromatic rings. The summed E-state index contributed by atoms with van der Waals surface area (Å²) >= 11 is 1.70. The Morgan fingerprint density at radius 2 is 2.50 bits per heavy atom. The van der Waals surface area contributed by atoms with Crippen molar-refractivity contribution in [3.8, 4) is 0 Å². The number of methoxy groups -OCH3 is 1. The molecular formula is C11H21N3OS. The van der Waals surface area contributed by atoms with Crippen molar-refractivity contribution in [3.63, 3.8) is 0 Å². The molecule has 0 spiro atoms. The van der Waals surface area contributed by atoms with Crippen LogP contribution in [0.2, 0.25) is 0 Å². The summed E-state index contributed by atoms with van der Waals surface area (Å²) in [5.41, 5.74) is 5.94. The molecule has 0 aliphatic heterocycles. The van der Waals surface area contributed by atoms with Crippen molar-refractivity contribution in [1.82, 2.24) is 10.3 Å². The van der Waals surface area contributed by atoms with Crippen LogP contribution in [0.15, 0.2) is 11.6 Å². The van der Waals surface area contributed by atoms with Crippen LogP contribution in [0.5, 0.6) is 0 Å². The fraction of sp³-hybridized carbons (Fsp3) is 0.727. The van der Waals surface area contributed by atoms with Gasteiger partial charge in [0, 0.05) is 50.8 Å². The van der Waals surface area contributed by atoms with Crippen LogP contribution in [0, 0.1) is 0 Å². The van der Waals surface area contributed by atoms with Gasteiger partial charge in [-0.15, -0.1) is 11.3 Å². The first-order chi connectivity index (χ1) is 7.83. The highest BCUT2D eigenvalue weighted by molar-refractivity contribution is 7.09. The molecule has 0 aromatic carbocycles. The van der Waals surface area contributed by atoms with Gasteiger partial charge in [0.2, 0.25) is 0 Å². The Balaban J connectivity index is 1.94. The molecular weight excluding hydrogens is 222 g/mol. The minimum absolute atomic E-state index is 0.228. The Labute approximate surface area is 101 Å². The molecule has 16 heavy (non-hydrogen) atoms. The largest absolute Gasteiger partial charge is 0.385 e. The molecule has 0 saturated heterocycles. The zero-order valence-corrected chi connectivity index (χ0v) is 10.6. The summed E-state index contributed by atoms with van der Waals surface area (Å²) in [7, 11) is 1.72. The summed E-state index contributed by atoms with van der Waals surface area (Å²) in [6, 6.07) is 0.228. The lowest BCUT2D eigenvalue weighted by Gasteiger charge is -2.11. The van der Waals surface area contributed by atoms with Crippen LogP contribution in [-0.2, 0) is 11.2 Å². The summed E-state index contributed by atoms with van der Waals surface area (Å²) in [4.78, 5) is 4.22. The second kappa shape index (κ2) is 8.64. The lowest BCUT2D eigenvalue weighted by molar-refractivity contribution is 0.190. The normalized spacial score (nSPS) is 12.9. The van der Waals surface area contributed by atoms with Crippen LogP contribution in [0.3, 0.4) is 0 Å². The van der Waals surface area contributed by atoms with Gasteiger partial charge >= 0.3 is 0 Å². The van der Waals surface area contributed by atoms with Gasteiger partial charge < -0.3 is 15.8 Å². The molecule has 1 aromatic heterocycles. The van der Waals surface area contributed by atoms with Crippen LogP contribution in [0.25, 0.3) is 0 Å². The van der Waals surface area contributed by atoms with Crippen molar-refractivity contribution >= 4 is 11.3 Å². The van der Waals surface area contributed by atoms with Crippen LogP contribution >= 0.6 is 11.3 Å². The predicted molar refractivity (Wildman–Crippen MR) is 67.8 cm³/mol. The summed E-state index contributed by atoms with van der Waals surface area (Å²) in [6.45, 7) is 2.62. The van der Waals surface area contributed by atoms with Crippen molar-refractivity contribution in [1.29, 1.82) is 0 Å². The number of thiazole rings is 1. The summed E-state index contributed by atoms with van der Waals surface area (Å²) in [5.74, 6) is 0. The molecule has 0 bridgehead atoms. The second-order valence-electron chi connectivity index (χ2n) is 3.78. The topological polar surface area (TPSA) is 60.2 Å². The van der Waals surface area contributed by atoms with Crippen LogP contribution in [-0.4, -0.2) is 37.8 Å². The van der Waals surface area contributed by atoms with E-state index in [0.29, 0.717) is 0 Å². The monoisotopic (exact) mass is 243 g/mol. The Hall–Kier alpha value is -0.490. The Kier molecular flexibility index (Phi) is 7.33. The average Bonchev–Trinajstić information content (AvgIpc) is 2.78. The maximum absolute atomic E-state index is 5.94. The second-order valence-corrected chi connectivity index (χ2v) is 4.75. The van der Waals surface area contributed by atoms with E-state index in [4.69, 9.17) is 10.5 Å². The smallest absolute Gasteiger partial charge is 0.0937 e. The number of hydrogen-bond donors (Lipinski definition) is 2. The molecule has 1 heterocycles. The van der Waals surface area contributed by atoms with Crippen molar-refractivity contribution in [3.05, 3.63) is 16.6 Å². The van der Waals surface area contributed by atoms with E-state index in [0.717, 1.165) is 39.0 Å². The zero-order chi connectivity index (χ0) is 11.6. The van der Waals surface area contributed by atoms with Crippen molar-refractivity contribution in [2.45, 2.75) is 25.3 Å². The maximum Gasteiger partial charge on any atom is 0.0937 e. The van der Waals surface area contributed by atoms with Gasteiger partial charge in [0.05, 0.1) is 5.01 Å². The molecule has 4 nitrogen and oxygen atoms in total. The SMILES string of the molecule is COCCCC(N)CNCCc1nccs1. The number of rotatable bonds is 9. The summed E-state index contributed by atoms with van der Waals surface area (Å²) < 4.78 is 4.98. The van der Waals surface area contributed by atoms with Gasteiger partial charge in [-0.3, -0.25) is 0 Å². The molecule has 0 radical (unpaired) electrons. The van der Waals surface area contributed by atoms with Crippen molar-refractivity contribution in [2.24, 2.45) is 5.73 Å². The number of hydrogen-bond acceptors (Lipinski definition) is 5. The Morgan fingerprint density at radius 1 is 1.62 bits per heavy atom. The third-order valence-electron chi connectivity index (χ3n) is 2.33. The molecule has 1 atom stereocenters. The first-order valence-electron chi connectivity index (χ1n) is 5.66. The Bertz CT molecular complexity index is 254. The standard InChI is InChI=1S/C11H21N3OS/c1-15-7-2-3-10(12)9-13-5-4-11-14-6-8-16-11/h6,8,10,13H,2-5,7,9,12H2,1H3. The molecule has 0 amide bonds. The fourth-order valence-corrected chi connectivity index (χ4v) is 2.07. The minimum Gasteiger partial charge on any atom is -0.385 e. The van der Waals surface area contributed by atoms with E-state index in [1.54, 1.807) is 18.4 Å². The van der Waals surface area contributed by atoms with E-state index >= 15 is 0 Å². The van der Waals surface area contributed by atoms with Gasteiger partial charge in [0.1, 0.15) is 0 Å². The quantitative estimate of drug-likeness (QED) is 0.636. The molecule has 3 N–H and O–H groups in total. The molecule has 0 fully saturated rings. The first kappa shape index (κ1) is 13.6. The summed E-state index contributed by atoms with van der Waals surface area (Å²) in [6.07, 6.45) is 4.88. The van der Waals surface area contributed by atoms with Gasteiger partial charge in [-0.05, 0) is 12.8 Å². The van der Waals surface area contributed by atoms with Crippen molar-refractivity contribution in [2.75, 3.05) is 26.8 Å². The molecule has 0 saturated carbocycles. The first-order valence-corrected chi connectivity index (χ1v) is 6.54. The maximum atomic E-state index is 5.94. The lowest BCUT2D eigenvalue weighted by Crippen LogP contribution is -2.34. The fourth-order valence-electron chi connectivity index (χ4n) is 1.45. The zero-order valence-electron chi connectivity index (χ0n) is 9.82. The van der Waals surface area contributed by atoms with Gasteiger partial charge in [-0.1, -0.05) is 0 Å². The molecule has 1 unspecified atom stereocenters. The van der Waals surface area contributed by atoms with E-state index < -0.39 is 0 Å². The van der Waals surface area contributed by atoms with Crippen LogP contribution < -0.4 is 11.1 Å². The van der Waals surface area contributed by atoms with E-state index in [2.05, 4.69) is 10.3 Å². The third kappa shape index (κ3) is 6.17. The van der Waals surface area contributed by atoms with Gasteiger partial charge in [0.25, 0.3) is 0 Å². The number of nitrogens with one attached hydrogen (secondary N) is 1. The average molecular weight is 243 g/mol. The number of ether oxygens (including phenoxy) is 1. The molecule has 0 aliphatic rings. The van der Waals surface area contributed by atoms with E-state index in [9.17, 15) is 0 Å². The molecule has 92 valence electrons. The van der Waals surface area contributed by atoms with Crippen LogP contribution in [0.4, 0.5) is 0 Å². The van der Waals surface area contributed by atoms with E-state index in [1.165, 1.54) is 5.01 Å². The Morgan fingerprint density at radius 3 is 3.19 bits per heavy atom. The molecule has 5 heteroatoms. The number of nitrogens with zero attached hydrogens (tertiary/aromatic N) is 1. The summed E-state index contributed by atoms with van der Waals surface area (Å²) in [5, 5.41) is 6.54. The van der Waals surface area contributed by atoms with Crippen LogP contribution in [0.1, 0.15) is 17.8 Å². The highest BCUT2D eigenvalue weighted by Crippen LogP contribution is 2.03. The molecule has 0 aliphatic carbocycles. The van der Waals surface area contributed by atoms with Gasteiger partial charge in [-0.2, -0.15) is 0 Å². The number of aromatic nitrogens is 1. The van der Waals surface area contributed by atoms with E-state index in [-0.39, 0.29) is 6.04 Å². The highest BCUT2D eigenvalue weighted by atomic mass is 32.1. The van der Waals surface area contributed by atoms with Gasteiger partial charge in [0.15, 0.2) is 0 Å². The third-order valence-corrected chi connectivity index (χ3v) is 3.17. The number of nitrogens with two attached hydrogens (primary N) is 1.